The van der Waals surface area contributed by atoms with Crippen molar-refractivity contribution in [2.45, 2.75) is 39.7 Å². The zero-order valence-electron chi connectivity index (χ0n) is 12.5. The topological polar surface area (TPSA) is 45.2 Å². The first-order valence-corrected chi connectivity index (χ1v) is 7.95. The molecule has 2 rings (SSSR count). The molecule has 0 radical (unpaired) electrons. The number of thiazole rings is 1. The van der Waals surface area contributed by atoms with Gasteiger partial charge in [-0.2, -0.15) is 0 Å². The average molecular weight is 293 g/mol. The van der Waals surface area contributed by atoms with E-state index in [1.165, 1.54) is 17.7 Å². The van der Waals surface area contributed by atoms with Crippen molar-refractivity contribution in [2.75, 3.05) is 13.1 Å². The van der Waals surface area contributed by atoms with Gasteiger partial charge in [-0.05, 0) is 39.5 Å². The maximum Gasteiger partial charge on any atom is 0.318 e. The molecule has 0 unspecified atom stereocenters. The Bertz CT molecular complexity index is 493. The van der Waals surface area contributed by atoms with Gasteiger partial charge in [0.25, 0.3) is 0 Å². The third-order valence-corrected chi connectivity index (χ3v) is 4.40. The summed E-state index contributed by atoms with van der Waals surface area (Å²) in [5, 5.41) is 4.19. The summed E-state index contributed by atoms with van der Waals surface area (Å²) in [6.07, 6.45) is 4.24. The van der Waals surface area contributed by atoms with E-state index in [2.05, 4.69) is 16.9 Å². The Kier molecular flexibility index (Phi) is 4.81. The lowest BCUT2D eigenvalue weighted by molar-refractivity contribution is 0.199. The Hall–Kier alpha value is -1.36. The van der Waals surface area contributed by atoms with Crippen LogP contribution in [0.1, 0.15) is 42.6 Å². The van der Waals surface area contributed by atoms with E-state index < -0.39 is 0 Å². The van der Waals surface area contributed by atoms with E-state index in [0.29, 0.717) is 19.0 Å². The molecule has 1 heterocycles. The second-order valence-corrected chi connectivity index (χ2v) is 6.81. The fraction of sp³-hybridized carbons (Fsp3) is 0.600. The minimum atomic E-state index is -0.0137. The van der Waals surface area contributed by atoms with Gasteiger partial charge >= 0.3 is 6.03 Å². The molecule has 1 atom stereocenters. The molecule has 1 N–H and O–H groups in total. The second kappa shape index (κ2) is 6.39. The lowest BCUT2D eigenvalue weighted by Gasteiger charge is -2.25. The minimum absolute atomic E-state index is 0.0137. The van der Waals surface area contributed by atoms with Crippen LogP contribution in [0, 0.1) is 12.8 Å². The molecule has 1 fully saturated rings. The Balaban J connectivity index is 2.04. The van der Waals surface area contributed by atoms with Crippen molar-refractivity contribution >= 4 is 17.4 Å². The highest BCUT2D eigenvalue weighted by molar-refractivity contribution is 7.11. The summed E-state index contributed by atoms with van der Waals surface area (Å²) in [6, 6.07) is 0.0561. The monoisotopic (exact) mass is 293 g/mol. The van der Waals surface area contributed by atoms with Crippen molar-refractivity contribution < 1.29 is 4.79 Å². The van der Waals surface area contributed by atoms with Crippen molar-refractivity contribution in [3.8, 4) is 0 Å². The number of amides is 2. The van der Waals surface area contributed by atoms with Crippen LogP contribution in [0.5, 0.6) is 0 Å². The van der Waals surface area contributed by atoms with E-state index in [-0.39, 0.29) is 12.1 Å². The zero-order chi connectivity index (χ0) is 14.7. The van der Waals surface area contributed by atoms with Crippen LogP contribution in [0.2, 0.25) is 0 Å². The number of carbonyl (C=O) groups is 1. The highest BCUT2D eigenvalue weighted by Crippen LogP contribution is 2.42. The van der Waals surface area contributed by atoms with Gasteiger partial charge in [-0.25, -0.2) is 9.78 Å². The van der Waals surface area contributed by atoms with Crippen molar-refractivity contribution in [1.29, 1.82) is 0 Å². The van der Waals surface area contributed by atoms with Crippen molar-refractivity contribution in [2.24, 2.45) is 5.92 Å². The maximum atomic E-state index is 12.4. The lowest BCUT2D eigenvalue weighted by Crippen LogP contribution is -2.42. The molecule has 2 amide bonds. The summed E-state index contributed by atoms with van der Waals surface area (Å²) in [5.41, 5.74) is 0.995. The van der Waals surface area contributed by atoms with Gasteiger partial charge in [-0.1, -0.05) is 12.2 Å². The average Bonchev–Trinajstić information content (AvgIpc) is 3.14. The molecule has 0 bridgehead atoms. The first-order valence-electron chi connectivity index (χ1n) is 7.13. The van der Waals surface area contributed by atoms with Gasteiger partial charge in [0, 0.05) is 24.2 Å². The Morgan fingerprint density at radius 2 is 2.35 bits per heavy atom. The summed E-state index contributed by atoms with van der Waals surface area (Å²) in [7, 11) is 0. The summed E-state index contributed by atoms with van der Waals surface area (Å²) < 4.78 is 0. The number of hydrogen-bond acceptors (Lipinski definition) is 3. The fourth-order valence-electron chi connectivity index (χ4n) is 2.20. The molecular formula is C15H23N3OS. The predicted octanol–water partition coefficient (Wildman–Crippen LogP) is 3.51. The van der Waals surface area contributed by atoms with Gasteiger partial charge in [0.05, 0.1) is 6.04 Å². The molecule has 5 heteroatoms. The Labute approximate surface area is 124 Å². The van der Waals surface area contributed by atoms with Crippen LogP contribution >= 0.6 is 11.3 Å². The number of carbonyl (C=O) groups excluding carboxylic acids is 1. The van der Waals surface area contributed by atoms with Gasteiger partial charge < -0.3 is 10.2 Å². The molecule has 1 aromatic heterocycles. The SMILES string of the molecule is C=C(C)CN(CC)C(=O)N[C@@H](c1ncc(C)s1)C1CC1. The molecular weight excluding hydrogens is 270 g/mol. The number of urea groups is 1. The number of aryl methyl sites for hydroxylation is 1. The number of nitrogens with zero attached hydrogens (tertiary/aromatic N) is 2. The second-order valence-electron chi connectivity index (χ2n) is 5.55. The number of likely N-dealkylation sites (N-methyl/N-ethyl adjacent to an activating group) is 1. The van der Waals surface area contributed by atoms with E-state index in [1.54, 1.807) is 16.2 Å². The molecule has 4 nitrogen and oxygen atoms in total. The van der Waals surface area contributed by atoms with Crippen LogP contribution in [-0.2, 0) is 0 Å². The Morgan fingerprint density at radius 3 is 2.80 bits per heavy atom. The summed E-state index contributed by atoms with van der Waals surface area (Å²) >= 11 is 1.68. The molecule has 0 aromatic carbocycles. The van der Waals surface area contributed by atoms with Gasteiger partial charge in [-0.15, -0.1) is 11.3 Å². The van der Waals surface area contributed by atoms with E-state index in [1.807, 2.05) is 27.0 Å². The van der Waals surface area contributed by atoms with Crippen LogP contribution in [-0.4, -0.2) is 29.0 Å². The quantitative estimate of drug-likeness (QED) is 0.816. The predicted molar refractivity (Wildman–Crippen MR) is 82.9 cm³/mol. The van der Waals surface area contributed by atoms with Gasteiger partial charge in [0.15, 0.2) is 0 Å². The van der Waals surface area contributed by atoms with Crippen LogP contribution in [0.25, 0.3) is 0 Å². The fourth-order valence-corrected chi connectivity index (χ4v) is 3.12. The smallest absolute Gasteiger partial charge is 0.318 e. The van der Waals surface area contributed by atoms with Gasteiger partial charge in [0.2, 0.25) is 0 Å². The van der Waals surface area contributed by atoms with Crippen molar-refractivity contribution in [3.05, 3.63) is 28.2 Å². The molecule has 1 saturated carbocycles. The van der Waals surface area contributed by atoms with E-state index in [0.717, 1.165) is 10.6 Å². The normalized spacial score (nSPS) is 15.8. The molecule has 1 aromatic rings. The number of nitrogens with one attached hydrogen (secondary N) is 1. The summed E-state index contributed by atoms with van der Waals surface area (Å²) in [4.78, 5) is 19.8. The molecule has 1 aliphatic carbocycles. The molecule has 1 aliphatic rings. The molecule has 0 saturated heterocycles. The van der Waals surface area contributed by atoms with Crippen molar-refractivity contribution in [1.82, 2.24) is 15.2 Å². The zero-order valence-corrected chi connectivity index (χ0v) is 13.3. The highest BCUT2D eigenvalue weighted by Gasteiger charge is 2.35. The van der Waals surface area contributed by atoms with Gasteiger partial charge in [-0.3, -0.25) is 0 Å². The van der Waals surface area contributed by atoms with Crippen LogP contribution < -0.4 is 5.32 Å². The Morgan fingerprint density at radius 1 is 1.65 bits per heavy atom. The van der Waals surface area contributed by atoms with Crippen LogP contribution in [0.4, 0.5) is 4.79 Å². The maximum absolute atomic E-state index is 12.4. The largest absolute Gasteiger partial charge is 0.328 e. The number of rotatable bonds is 6. The standard InChI is InChI=1S/C15H23N3OS/c1-5-18(9-10(2)3)15(19)17-13(12-6-7-12)14-16-8-11(4)20-14/h8,12-13H,2,5-7,9H2,1,3-4H3,(H,17,19)/t13-/m1/s1. The van der Waals surface area contributed by atoms with E-state index in [9.17, 15) is 4.79 Å². The third-order valence-electron chi connectivity index (χ3n) is 3.41. The van der Waals surface area contributed by atoms with Crippen LogP contribution in [0.15, 0.2) is 18.3 Å². The van der Waals surface area contributed by atoms with Gasteiger partial charge in [0.1, 0.15) is 5.01 Å². The summed E-state index contributed by atoms with van der Waals surface area (Å²) in [5.74, 6) is 0.549. The van der Waals surface area contributed by atoms with E-state index >= 15 is 0 Å². The van der Waals surface area contributed by atoms with Crippen LogP contribution in [0.3, 0.4) is 0 Å². The third kappa shape index (κ3) is 3.82. The van der Waals surface area contributed by atoms with Crippen molar-refractivity contribution in [3.63, 3.8) is 0 Å². The first kappa shape index (κ1) is 15.0. The summed E-state index contributed by atoms with van der Waals surface area (Å²) in [6.45, 7) is 11.2. The lowest BCUT2D eigenvalue weighted by atomic mass is 10.2. The van der Waals surface area contributed by atoms with E-state index in [4.69, 9.17) is 0 Å². The number of aromatic nitrogens is 1. The molecule has 20 heavy (non-hydrogen) atoms. The molecule has 110 valence electrons. The minimum Gasteiger partial charge on any atom is -0.328 e. The molecule has 0 spiro atoms. The first-order chi connectivity index (χ1) is 9.51. The number of hydrogen-bond donors (Lipinski definition) is 1. The molecule has 0 aliphatic heterocycles. The highest BCUT2D eigenvalue weighted by atomic mass is 32.1.